The molecule has 0 saturated heterocycles. The number of carbonyl (C=O) groups is 1. The Morgan fingerprint density at radius 2 is 2.12 bits per heavy atom. The first-order chi connectivity index (χ1) is 15.2. The van der Waals surface area contributed by atoms with Gasteiger partial charge in [0, 0.05) is 30.3 Å². The molecule has 9 nitrogen and oxygen atoms in total. The Labute approximate surface area is 186 Å². The van der Waals surface area contributed by atoms with E-state index in [9.17, 15) is 17.6 Å². The molecule has 1 saturated carbocycles. The molecule has 2 atom stereocenters. The Kier molecular flexibility index (Phi) is 7.73. The maximum atomic E-state index is 14.5. The van der Waals surface area contributed by atoms with E-state index in [0.717, 1.165) is 24.6 Å². The van der Waals surface area contributed by atoms with Gasteiger partial charge in [0.2, 0.25) is 0 Å². The number of hydrogen-bond acceptors (Lipinski definition) is 7. The van der Waals surface area contributed by atoms with Crippen LogP contribution in [0.4, 0.5) is 20.7 Å². The second kappa shape index (κ2) is 10.3. The molecule has 1 fully saturated rings. The van der Waals surface area contributed by atoms with Crippen LogP contribution >= 0.6 is 0 Å². The zero-order valence-corrected chi connectivity index (χ0v) is 18.9. The Morgan fingerprint density at radius 1 is 1.34 bits per heavy atom. The highest BCUT2D eigenvalue weighted by molar-refractivity contribution is 7.91. The molecule has 11 heteroatoms. The molecule has 1 amide bonds. The number of hydrogen-bond donors (Lipinski definition) is 4. The lowest BCUT2D eigenvalue weighted by Crippen LogP contribution is -2.33. The predicted octanol–water partition coefficient (Wildman–Crippen LogP) is 3.22. The lowest BCUT2D eigenvalue weighted by atomic mass is 10.0. The number of nitrogens with one attached hydrogen (secondary N) is 3. The third kappa shape index (κ3) is 6.19. The van der Waals surface area contributed by atoms with Crippen LogP contribution in [-0.4, -0.2) is 54.3 Å². The monoisotopic (exact) mass is 468 g/mol. The molecule has 32 heavy (non-hydrogen) atoms. The van der Waals surface area contributed by atoms with Crippen molar-refractivity contribution in [3.63, 3.8) is 0 Å². The molecule has 1 aliphatic carbocycles. The highest BCUT2D eigenvalue weighted by Crippen LogP contribution is 2.36. The molecular formula is C21H29FN4O5S. The number of aromatic nitrogens is 2. The van der Waals surface area contributed by atoms with Crippen LogP contribution in [0.25, 0.3) is 0 Å². The largest absolute Gasteiger partial charge is 0.446 e. The number of halogens is 1. The van der Waals surface area contributed by atoms with Crippen molar-refractivity contribution in [2.45, 2.75) is 62.5 Å². The normalized spacial score (nSPS) is 18.7. The molecule has 1 aromatic heterocycles. The summed E-state index contributed by atoms with van der Waals surface area (Å²) in [5, 5.41) is 21.5. The van der Waals surface area contributed by atoms with Crippen molar-refractivity contribution in [2.75, 3.05) is 17.7 Å². The molecule has 1 aromatic carbocycles. The van der Waals surface area contributed by atoms with Crippen LogP contribution < -0.4 is 10.6 Å². The SMILES string of the molecule is CC(C)NC(=O)O[C@@H]1CC[C@H](c2cc(Nc3ccc(S(=O)(=O)CCCO)cc3F)n[nH]2)C1. The number of ether oxygens (including phenoxy) is 1. The maximum Gasteiger partial charge on any atom is 0.407 e. The van der Waals surface area contributed by atoms with E-state index >= 15 is 0 Å². The number of rotatable bonds is 9. The number of sulfone groups is 1. The summed E-state index contributed by atoms with van der Waals surface area (Å²) in [7, 11) is -3.65. The van der Waals surface area contributed by atoms with E-state index in [1.54, 1.807) is 6.07 Å². The van der Waals surface area contributed by atoms with Gasteiger partial charge in [-0.25, -0.2) is 17.6 Å². The number of anilines is 2. The fraction of sp³-hybridized carbons (Fsp3) is 0.524. The van der Waals surface area contributed by atoms with Gasteiger partial charge in [0.1, 0.15) is 11.9 Å². The third-order valence-electron chi connectivity index (χ3n) is 5.24. The molecule has 1 aliphatic rings. The quantitative estimate of drug-likeness (QED) is 0.444. The van der Waals surface area contributed by atoms with Crippen LogP contribution in [0.2, 0.25) is 0 Å². The van der Waals surface area contributed by atoms with Gasteiger partial charge in [-0.05, 0) is 57.7 Å². The van der Waals surface area contributed by atoms with Crippen LogP contribution in [-0.2, 0) is 14.6 Å². The molecule has 1 heterocycles. The van der Waals surface area contributed by atoms with Gasteiger partial charge >= 0.3 is 6.09 Å². The smallest absolute Gasteiger partial charge is 0.407 e. The minimum atomic E-state index is -3.65. The van der Waals surface area contributed by atoms with Crippen molar-refractivity contribution in [3.05, 3.63) is 35.8 Å². The Bertz CT molecular complexity index is 1040. The Balaban J connectivity index is 1.60. The lowest BCUT2D eigenvalue weighted by molar-refractivity contribution is 0.0981. The van der Waals surface area contributed by atoms with Crippen LogP contribution in [0.3, 0.4) is 0 Å². The third-order valence-corrected chi connectivity index (χ3v) is 7.03. The van der Waals surface area contributed by atoms with E-state index in [4.69, 9.17) is 9.84 Å². The fourth-order valence-electron chi connectivity index (χ4n) is 3.66. The topological polar surface area (TPSA) is 133 Å². The van der Waals surface area contributed by atoms with Crippen molar-refractivity contribution >= 4 is 27.4 Å². The van der Waals surface area contributed by atoms with E-state index in [1.165, 1.54) is 12.1 Å². The second-order valence-electron chi connectivity index (χ2n) is 8.21. The zero-order valence-electron chi connectivity index (χ0n) is 18.1. The van der Waals surface area contributed by atoms with Gasteiger partial charge in [-0.1, -0.05) is 0 Å². The van der Waals surface area contributed by atoms with E-state index in [0.29, 0.717) is 12.2 Å². The van der Waals surface area contributed by atoms with Gasteiger partial charge in [-0.2, -0.15) is 5.10 Å². The maximum absolute atomic E-state index is 14.5. The average Bonchev–Trinajstić information content (AvgIpc) is 3.36. The van der Waals surface area contributed by atoms with E-state index < -0.39 is 21.7 Å². The number of aliphatic hydroxyl groups excluding tert-OH is 1. The summed E-state index contributed by atoms with van der Waals surface area (Å²) >= 11 is 0. The molecule has 0 radical (unpaired) electrons. The van der Waals surface area contributed by atoms with Crippen LogP contribution in [0.15, 0.2) is 29.2 Å². The Hall–Kier alpha value is -2.66. The van der Waals surface area contributed by atoms with Crippen LogP contribution in [0.1, 0.15) is 51.1 Å². The number of H-pyrrole nitrogens is 1. The molecule has 3 rings (SSSR count). The summed E-state index contributed by atoms with van der Waals surface area (Å²) in [4.78, 5) is 11.7. The van der Waals surface area contributed by atoms with Gasteiger partial charge in [-0.15, -0.1) is 0 Å². The fourth-order valence-corrected chi connectivity index (χ4v) is 4.96. The highest BCUT2D eigenvalue weighted by Gasteiger charge is 2.30. The molecule has 176 valence electrons. The number of nitrogens with zero attached hydrogens (tertiary/aromatic N) is 1. The molecule has 2 aromatic rings. The minimum Gasteiger partial charge on any atom is -0.446 e. The number of alkyl carbamates (subject to hydrolysis) is 1. The second-order valence-corrected chi connectivity index (χ2v) is 10.3. The Morgan fingerprint density at radius 3 is 2.81 bits per heavy atom. The number of benzene rings is 1. The summed E-state index contributed by atoms with van der Waals surface area (Å²) in [5.74, 6) is -0.426. The van der Waals surface area contributed by atoms with E-state index in [-0.39, 0.29) is 47.4 Å². The predicted molar refractivity (Wildman–Crippen MR) is 117 cm³/mol. The first-order valence-electron chi connectivity index (χ1n) is 10.6. The summed E-state index contributed by atoms with van der Waals surface area (Å²) in [6.45, 7) is 3.48. The number of aliphatic hydroxyl groups is 1. The molecule has 4 N–H and O–H groups in total. The summed E-state index contributed by atoms with van der Waals surface area (Å²) in [5.41, 5.74) is 0.952. The molecule has 0 unspecified atom stereocenters. The standard InChI is InChI=1S/C21H29FN4O5S/c1-13(2)23-21(28)31-15-5-4-14(10-15)19-12-20(26-25-19)24-18-7-6-16(11-17(18)22)32(29,30)9-3-8-27/h6-7,11-15,27H,3-5,8-10H2,1-2H3,(H,23,28)(H2,24,25,26)/t14-,15+/m0/s1. The summed E-state index contributed by atoms with van der Waals surface area (Å²) < 4.78 is 44.2. The van der Waals surface area contributed by atoms with Crippen LogP contribution in [0.5, 0.6) is 0 Å². The summed E-state index contributed by atoms with van der Waals surface area (Å²) in [6.07, 6.45) is 1.75. The average molecular weight is 469 g/mol. The van der Waals surface area contributed by atoms with Crippen LogP contribution in [0, 0.1) is 5.82 Å². The summed E-state index contributed by atoms with van der Waals surface area (Å²) in [6, 6.07) is 5.42. The van der Waals surface area contributed by atoms with E-state index in [2.05, 4.69) is 20.8 Å². The van der Waals surface area contributed by atoms with Crippen molar-refractivity contribution in [3.8, 4) is 0 Å². The van der Waals surface area contributed by atoms with Gasteiger partial charge in [-0.3, -0.25) is 5.10 Å². The van der Waals surface area contributed by atoms with Crippen molar-refractivity contribution in [1.82, 2.24) is 15.5 Å². The van der Waals surface area contributed by atoms with E-state index in [1.807, 2.05) is 13.8 Å². The molecule has 0 aliphatic heterocycles. The number of amides is 1. The van der Waals surface area contributed by atoms with Crippen molar-refractivity contribution in [2.24, 2.45) is 0 Å². The van der Waals surface area contributed by atoms with Crippen molar-refractivity contribution in [1.29, 1.82) is 0 Å². The first-order valence-corrected chi connectivity index (χ1v) is 12.3. The van der Waals surface area contributed by atoms with Gasteiger partial charge in [0.05, 0.1) is 16.3 Å². The van der Waals surface area contributed by atoms with Gasteiger partial charge in [0.15, 0.2) is 15.7 Å². The zero-order chi connectivity index (χ0) is 23.3. The first kappa shape index (κ1) is 24.0. The number of aromatic amines is 1. The van der Waals surface area contributed by atoms with Gasteiger partial charge < -0.3 is 20.5 Å². The van der Waals surface area contributed by atoms with Gasteiger partial charge in [0.25, 0.3) is 0 Å². The molecular weight excluding hydrogens is 439 g/mol. The minimum absolute atomic E-state index is 0.0102. The molecule has 0 spiro atoms. The number of carbonyl (C=O) groups excluding carboxylic acids is 1. The van der Waals surface area contributed by atoms with Crippen molar-refractivity contribution < 1.29 is 27.4 Å². The lowest BCUT2D eigenvalue weighted by Gasteiger charge is -2.14. The highest BCUT2D eigenvalue weighted by atomic mass is 32.2. The molecule has 0 bridgehead atoms.